The molecule has 2 aromatic rings. The number of amides is 1. The van der Waals surface area contributed by atoms with E-state index < -0.39 is 0 Å². The van der Waals surface area contributed by atoms with E-state index in [0.29, 0.717) is 13.0 Å². The van der Waals surface area contributed by atoms with Crippen LogP contribution in [0.4, 0.5) is 0 Å². The number of aromatic amines is 1. The molecule has 1 aromatic heterocycles. The Hall–Kier alpha value is -1.73. The maximum absolute atomic E-state index is 11.2. The van der Waals surface area contributed by atoms with Gasteiger partial charge >= 0.3 is 0 Å². The highest BCUT2D eigenvalue weighted by Gasteiger charge is 2.12. The highest BCUT2D eigenvalue weighted by Crippen LogP contribution is 2.26. The van der Waals surface area contributed by atoms with Gasteiger partial charge in [-0.15, -0.1) is 0 Å². The Kier molecular flexibility index (Phi) is 4.86. The second kappa shape index (κ2) is 6.62. The Labute approximate surface area is 121 Å². The molecule has 1 unspecified atom stereocenters. The zero-order valence-corrected chi connectivity index (χ0v) is 12.3. The van der Waals surface area contributed by atoms with E-state index in [-0.39, 0.29) is 11.2 Å². The van der Waals surface area contributed by atoms with Crippen molar-refractivity contribution in [3.8, 4) is 5.75 Å². The van der Waals surface area contributed by atoms with E-state index in [9.17, 15) is 4.79 Å². The number of hydrogen-bond acceptors (Lipinski definition) is 5. The van der Waals surface area contributed by atoms with Crippen LogP contribution in [0.5, 0.6) is 5.75 Å². The van der Waals surface area contributed by atoms with Gasteiger partial charge in [0.25, 0.3) is 0 Å². The molecule has 0 spiro atoms. The van der Waals surface area contributed by atoms with Gasteiger partial charge in [0, 0.05) is 17.7 Å². The van der Waals surface area contributed by atoms with Crippen molar-refractivity contribution >= 4 is 28.7 Å². The van der Waals surface area contributed by atoms with Gasteiger partial charge in [0.05, 0.1) is 17.6 Å². The monoisotopic (exact) mass is 294 g/mol. The third-order valence-electron chi connectivity index (χ3n) is 2.69. The summed E-state index contributed by atoms with van der Waals surface area (Å²) in [5, 5.41) is 0.872. The highest BCUT2D eigenvalue weighted by atomic mass is 32.2. The molecule has 4 N–H and O–H groups in total. The van der Waals surface area contributed by atoms with Crippen LogP contribution in [0.3, 0.4) is 0 Å². The fraction of sp³-hybridized carbons (Fsp3) is 0.385. The number of nitrogens with two attached hydrogens (primary N) is 1. The van der Waals surface area contributed by atoms with Gasteiger partial charge in [-0.3, -0.25) is 10.2 Å². The normalized spacial score (nSPS) is 12.3. The average molecular weight is 294 g/mol. The van der Waals surface area contributed by atoms with E-state index in [1.165, 1.54) is 11.8 Å². The number of H-pyrrole nitrogens is 1. The van der Waals surface area contributed by atoms with Crippen LogP contribution >= 0.6 is 11.8 Å². The van der Waals surface area contributed by atoms with Gasteiger partial charge in [-0.25, -0.2) is 10.8 Å². The summed E-state index contributed by atoms with van der Waals surface area (Å²) >= 11 is 1.51. The van der Waals surface area contributed by atoms with E-state index in [1.54, 1.807) is 0 Å². The first-order chi connectivity index (χ1) is 9.62. The summed E-state index contributed by atoms with van der Waals surface area (Å²) in [4.78, 5) is 18.9. The van der Waals surface area contributed by atoms with E-state index in [1.807, 2.05) is 32.0 Å². The molecule has 20 heavy (non-hydrogen) atoms. The molecule has 0 saturated heterocycles. The van der Waals surface area contributed by atoms with Crippen molar-refractivity contribution in [3.05, 3.63) is 18.2 Å². The predicted octanol–water partition coefficient (Wildman–Crippen LogP) is 1.82. The lowest BCUT2D eigenvalue weighted by atomic mass is 10.3. The second-order valence-corrected chi connectivity index (χ2v) is 5.78. The van der Waals surface area contributed by atoms with E-state index in [4.69, 9.17) is 10.6 Å². The fourth-order valence-electron chi connectivity index (χ4n) is 1.83. The van der Waals surface area contributed by atoms with Crippen molar-refractivity contribution in [3.63, 3.8) is 0 Å². The quantitative estimate of drug-likeness (QED) is 0.327. The SMILES string of the molecule is CCOc1ccc2nc(SC(C)CC(=O)NN)[nH]c2c1. The largest absolute Gasteiger partial charge is 0.494 e. The molecular weight excluding hydrogens is 276 g/mol. The number of carbonyl (C=O) groups excluding carboxylic acids is 1. The van der Waals surface area contributed by atoms with Gasteiger partial charge in [-0.2, -0.15) is 0 Å². The minimum Gasteiger partial charge on any atom is -0.494 e. The van der Waals surface area contributed by atoms with E-state index in [0.717, 1.165) is 21.9 Å². The van der Waals surface area contributed by atoms with Gasteiger partial charge in [-0.05, 0) is 19.1 Å². The van der Waals surface area contributed by atoms with Crippen LogP contribution in [0.1, 0.15) is 20.3 Å². The molecule has 0 aliphatic rings. The van der Waals surface area contributed by atoms with E-state index >= 15 is 0 Å². The van der Waals surface area contributed by atoms with Crippen molar-refractivity contribution in [2.24, 2.45) is 5.84 Å². The Morgan fingerprint density at radius 2 is 2.40 bits per heavy atom. The number of imidazole rings is 1. The number of benzene rings is 1. The minimum atomic E-state index is -0.181. The Morgan fingerprint density at radius 1 is 1.60 bits per heavy atom. The molecule has 1 heterocycles. The summed E-state index contributed by atoms with van der Waals surface area (Å²) in [6.07, 6.45) is 0.350. The topological polar surface area (TPSA) is 93.0 Å². The van der Waals surface area contributed by atoms with Crippen LogP contribution in [-0.2, 0) is 4.79 Å². The van der Waals surface area contributed by atoms with Crippen LogP contribution in [0.25, 0.3) is 11.0 Å². The second-order valence-electron chi connectivity index (χ2n) is 4.35. The highest BCUT2D eigenvalue weighted by molar-refractivity contribution is 7.99. The Morgan fingerprint density at radius 3 is 3.10 bits per heavy atom. The number of rotatable bonds is 6. The number of aromatic nitrogens is 2. The third kappa shape index (κ3) is 3.64. The van der Waals surface area contributed by atoms with Gasteiger partial charge in [-0.1, -0.05) is 18.7 Å². The molecule has 1 atom stereocenters. The zero-order chi connectivity index (χ0) is 14.5. The summed E-state index contributed by atoms with van der Waals surface area (Å²) < 4.78 is 5.45. The van der Waals surface area contributed by atoms with Crippen molar-refractivity contribution < 1.29 is 9.53 Å². The van der Waals surface area contributed by atoms with Crippen LogP contribution < -0.4 is 16.0 Å². The maximum atomic E-state index is 11.2. The number of fused-ring (bicyclic) bond motifs is 1. The molecule has 1 aromatic carbocycles. The standard InChI is InChI=1S/C13H18N4O2S/c1-3-19-9-4-5-10-11(7-9)16-13(15-10)20-8(2)6-12(18)17-14/h4-5,7-8H,3,6,14H2,1-2H3,(H,15,16)(H,17,18). The molecule has 0 aliphatic heterocycles. The molecule has 0 bridgehead atoms. The van der Waals surface area contributed by atoms with Gasteiger partial charge in [0.15, 0.2) is 5.16 Å². The number of hydrogen-bond donors (Lipinski definition) is 3. The summed E-state index contributed by atoms with van der Waals surface area (Å²) in [5.74, 6) is 5.71. The van der Waals surface area contributed by atoms with Crippen molar-refractivity contribution in [1.29, 1.82) is 0 Å². The number of nitrogens with zero attached hydrogens (tertiary/aromatic N) is 1. The third-order valence-corrected chi connectivity index (χ3v) is 3.67. The summed E-state index contributed by atoms with van der Waals surface area (Å²) in [6, 6.07) is 5.73. The lowest BCUT2D eigenvalue weighted by molar-refractivity contribution is -0.121. The van der Waals surface area contributed by atoms with Crippen molar-refractivity contribution in [2.45, 2.75) is 30.7 Å². The smallest absolute Gasteiger partial charge is 0.234 e. The summed E-state index contributed by atoms with van der Waals surface area (Å²) in [5.41, 5.74) is 3.94. The van der Waals surface area contributed by atoms with Crippen molar-refractivity contribution in [2.75, 3.05) is 6.61 Å². The molecule has 0 fully saturated rings. The first-order valence-electron chi connectivity index (χ1n) is 6.41. The zero-order valence-electron chi connectivity index (χ0n) is 11.5. The van der Waals surface area contributed by atoms with E-state index in [2.05, 4.69) is 15.4 Å². The molecule has 7 heteroatoms. The predicted molar refractivity (Wildman–Crippen MR) is 79.5 cm³/mol. The van der Waals surface area contributed by atoms with Gasteiger partial charge in [0.1, 0.15) is 5.75 Å². The molecule has 6 nitrogen and oxygen atoms in total. The molecular formula is C13H18N4O2S. The number of carbonyl (C=O) groups is 1. The van der Waals surface area contributed by atoms with Crippen LogP contribution in [-0.4, -0.2) is 27.7 Å². The molecule has 0 radical (unpaired) electrons. The Bertz CT molecular complexity index is 599. The lowest BCUT2D eigenvalue weighted by Gasteiger charge is -2.06. The first kappa shape index (κ1) is 14.7. The minimum absolute atomic E-state index is 0.0884. The van der Waals surface area contributed by atoms with Crippen LogP contribution in [0, 0.1) is 0 Å². The molecule has 0 aliphatic carbocycles. The molecule has 0 saturated carbocycles. The lowest BCUT2D eigenvalue weighted by Crippen LogP contribution is -2.31. The average Bonchev–Trinajstić information content (AvgIpc) is 2.80. The van der Waals surface area contributed by atoms with Crippen LogP contribution in [0.2, 0.25) is 0 Å². The first-order valence-corrected chi connectivity index (χ1v) is 7.29. The van der Waals surface area contributed by atoms with Crippen LogP contribution in [0.15, 0.2) is 23.4 Å². The summed E-state index contributed by atoms with van der Waals surface area (Å²) in [6.45, 7) is 4.54. The molecule has 1 amide bonds. The fourth-order valence-corrected chi connectivity index (χ4v) is 2.77. The number of ether oxygens (including phenoxy) is 1. The summed E-state index contributed by atoms with van der Waals surface area (Å²) in [7, 11) is 0. The molecule has 2 rings (SSSR count). The maximum Gasteiger partial charge on any atom is 0.234 e. The number of hydrazine groups is 1. The Balaban J connectivity index is 2.09. The number of thioether (sulfide) groups is 1. The van der Waals surface area contributed by atoms with Gasteiger partial charge in [0.2, 0.25) is 5.91 Å². The van der Waals surface area contributed by atoms with Gasteiger partial charge < -0.3 is 9.72 Å². The van der Waals surface area contributed by atoms with Crippen molar-refractivity contribution in [1.82, 2.24) is 15.4 Å². The molecule has 108 valence electrons. The number of nitrogens with one attached hydrogen (secondary N) is 2.